The number of ether oxygens (including phenoxy) is 1. The molecular formula is C21H30O4. The average Bonchev–Trinajstić information content (AvgIpc) is 2.55. The first kappa shape index (κ1) is 19.5. The van der Waals surface area contributed by atoms with Crippen LogP contribution in [0.5, 0.6) is 0 Å². The van der Waals surface area contributed by atoms with Crippen molar-refractivity contribution in [1.82, 2.24) is 0 Å². The smallest absolute Gasteiger partial charge is 0.335 e. The minimum absolute atomic E-state index is 0.0993. The fourth-order valence-electron chi connectivity index (χ4n) is 3.31. The van der Waals surface area contributed by atoms with E-state index in [-0.39, 0.29) is 11.9 Å². The number of carbonyl (C=O) groups excluding carboxylic acids is 1. The Balaban J connectivity index is 1.74. The van der Waals surface area contributed by atoms with Crippen molar-refractivity contribution in [2.75, 3.05) is 6.61 Å². The van der Waals surface area contributed by atoms with Crippen LogP contribution >= 0.6 is 0 Å². The molecule has 0 fully saturated rings. The molecule has 4 nitrogen and oxygen atoms in total. The van der Waals surface area contributed by atoms with E-state index in [1.807, 2.05) is 6.07 Å². The van der Waals surface area contributed by atoms with E-state index >= 15 is 0 Å². The largest absolute Gasteiger partial charge is 0.478 e. The lowest BCUT2D eigenvalue weighted by atomic mass is 9.83. The Labute approximate surface area is 150 Å². The zero-order valence-corrected chi connectivity index (χ0v) is 15.6. The van der Waals surface area contributed by atoms with E-state index in [1.165, 1.54) is 12.8 Å². The third kappa shape index (κ3) is 6.18. The predicted molar refractivity (Wildman–Crippen MR) is 97.8 cm³/mol. The number of carboxylic acids is 1. The zero-order chi connectivity index (χ0) is 18.4. The molecule has 0 saturated carbocycles. The van der Waals surface area contributed by atoms with Gasteiger partial charge in [-0.1, -0.05) is 39.7 Å². The van der Waals surface area contributed by atoms with Crippen molar-refractivity contribution in [3.8, 4) is 0 Å². The second-order valence-electron chi connectivity index (χ2n) is 8.27. The second-order valence-corrected chi connectivity index (χ2v) is 8.27. The molecule has 138 valence electrons. The molecule has 1 unspecified atom stereocenters. The number of fused-ring (bicyclic) bond motifs is 1. The fraction of sp³-hybridized carbons (Fsp3) is 0.619. The number of unbranched alkanes of at least 4 members (excludes halogenated alkanes) is 2. The molecule has 0 saturated heterocycles. The molecule has 2 rings (SSSR count). The summed E-state index contributed by atoms with van der Waals surface area (Å²) in [6, 6.07) is 5.18. The molecule has 4 heteroatoms. The van der Waals surface area contributed by atoms with Gasteiger partial charge in [-0.05, 0) is 60.8 Å². The number of carbonyl (C=O) groups is 2. The van der Waals surface area contributed by atoms with E-state index in [0.717, 1.165) is 36.8 Å². The van der Waals surface area contributed by atoms with Gasteiger partial charge in [-0.3, -0.25) is 4.79 Å². The number of rotatable bonds is 7. The maximum absolute atomic E-state index is 12.3. The van der Waals surface area contributed by atoms with Crippen LogP contribution in [0.1, 0.15) is 74.4 Å². The third-order valence-electron chi connectivity index (χ3n) is 4.83. The summed E-state index contributed by atoms with van der Waals surface area (Å²) < 4.78 is 5.46. The molecule has 0 radical (unpaired) electrons. The molecule has 1 aliphatic carbocycles. The normalized spacial score (nSPS) is 17.0. The lowest BCUT2D eigenvalue weighted by Crippen LogP contribution is -2.25. The van der Waals surface area contributed by atoms with Crippen molar-refractivity contribution >= 4 is 11.9 Å². The van der Waals surface area contributed by atoms with Gasteiger partial charge >= 0.3 is 11.9 Å². The average molecular weight is 346 g/mol. The number of benzene rings is 1. The van der Waals surface area contributed by atoms with Crippen molar-refractivity contribution in [3.63, 3.8) is 0 Å². The highest BCUT2D eigenvalue weighted by molar-refractivity contribution is 5.88. The van der Waals surface area contributed by atoms with Gasteiger partial charge in [0, 0.05) is 0 Å². The van der Waals surface area contributed by atoms with E-state index in [2.05, 4.69) is 20.8 Å². The Bertz CT molecular complexity index is 613. The lowest BCUT2D eigenvalue weighted by Gasteiger charge is -2.23. The van der Waals surface area contributed by atoms with Crippen LogP contribution in [0.2, 0.25) is 0 Å². The monoisotopic (exact) mass is 346 g/mol. The molecule has 0 bridgehead atoms. The van der Waals surface area contributed by atoms with Gasteiger partial charge < -0.3 is 9.84 Å². The molecule has 0 aromatic heterocycles. The summed E-state index contributed by atoms with van der Waals surface area (Å²) in [6.07, 6.45) is 6.50. The number of aryl methyl sites for hydroxylation is 1. The van der Waals surface area contributed by atoms with Crippen LogP contribution < -0.4 is 0 Å². The Morgan fingerprint density at radius 2 is 1.92 bits per heavy atom. The number of esters is 1. The Morgan fingerprint density at radius 3 is 2.60 bits per heavy atom. The Morgan fingerprint density at radius 1 is 1.16 bits per heavy atom. The molecule has 1 N–H and O–H groups in total. The molecule has 25 heavy (non-hydrogen) atoms. The van der Waals surface area contributed by atoms with Crippen LogP contribution in [0.25, 0.3) is 0 Å². The van der Waals surface area contributed by atoms with Gasteiger partial charge in [0.2, 0.25) is 0 Å². The topological polar surface area (TPSA) is 63.6 Å². The summed E-state index contributed by atoms with van der Waals surface area (Å²) in [5.41, 5.74) is 2.80. The van der Waals surface area contributed by atoms with Gasteiger partial charge in [0.05, 0.1) is 18.1 Å². The highest BCUT2D eigenvalue weighted by Crippen LogP contribution is 2.27. The first-order valence-electron chi connectivity index (χ1n) is 9.28. The van der Waals surface area contributed by atoms with Crippen molar-refractivity contribution in [1.29, 1.82) is 0 Å². The minimum atomic E-state index is -0.907. The van der Waals surface area contributed by atoms with Gasteiger partial charge in [-0.25, -0.2) is 4.79 Å². The molecular weight excluding hydrogens is 316 g/mol. The molecule has 0 heterocycles. The molecule has 1 atom stereocenters. The number of hydrogen-bond donors (Lipinski definition) is 1. The fourth-order valence-corrected chi connectivity index (χ4v) is 3.31. The number of aromatic carboxylic acids is 1. The van der Waals surface area contributed by atoms with Crippen molar-refractivity contribution in [2.24, 2.45) is 11.3 Å². The minimum Gasteiger partial charge on any atom is -0.478 e. The van der Waals surface area contributed by atoms with Crippen LogP contribution in [0.4, 0.5) is 0 Å². The van der Waals surface area contributed by atoms with Gasteiger partial charge in [0.15, 0.2) is 0 Å². The van der Waals surface area contributed by atoms with E-state index < -0.39 is 5.97 Å². The second kappa shape index (κ2) is 8.50. The van der Waals surface area contributed by atoms with Gasteiger partial charge in [-0.15, -0.1) is 0 Å². The van der Waals surface area contributed by atoms with E-state index in [0.29, 0.717) is 24.0 Å². The Hall–Kier alpha value is -1.84. The van der Waals surface area contributed by atoms with Crippen molar-refractivity contribution < 1.29 is 19.4 Å². The van der Waals surface area contributed by atoms with Crippen LogP contribution in [0, 0.1) is 11.3 Å². The SMILES string of the molecule is CC(C)(C)CCCCCOC(=O)C1CCc2cc(C(=O)O)ccc2C1. The quantitative estimate of drug-likeness (QED) is 0.577. The lowest BCUT2D eigenvalue weighted by molar-refractivity contribution is -0.149. The van der Waals surface area contributed by atoms with Crippen LogP contribution in [0.3, 0.4) is 0 Å². The number of hydrogen-bond acceptors (Lipinski definition) is 3. The highest BCUT2D eigenvalue weighted by atomic mass is 16.5. The molecule has 1 aromatic rings. The summed E-state index contributed by atoms with van der Waals surface area (Å²) in [5, 5.41) is 9.06. The molecule has 0 amide bonds. The summed E-state index contributed by atoms with van der Waals surface area (Å²) in [7, 11) is 0. The highest BCUT2D eigenvalue weighted by Gasteiger charge is 2.26. The molecule has 0 spiro atoms. The third-order valence-corrected chi connectivity index (χ3v) is 4.83. The zero-order valence-electron chi connectivity index (χ0n) is 15.6. The maximum Gasteiger partial charge on any atom is 0.335 e. The first-order chi connectivity index (χ1) is 11.8. The van der Waals surface area contributed by atoms with Crippen LogP contribution in [-0.2, 0) is 22.4 Å². The first-order valence-corrected chi connectivity index (χ1v) is 9.28. The van der Waals surface area contributed by atoms with E-state index in [9.17, 15) is 9.59 Å². The van der Waals surface area contributed by atoms with Crippen molar-refractivity contribution in [2.45, 2.75) is 65.7 Å². The molecule has 1 aromatic carbocycles. The predicted octanol–water partition coefficient (Wildman–Crippen LogP) is 4.64. The standard InChI is InChI=1S/C21H30O4/c1-21(2,3)11-5-4-6-12-25-20(24)18-10-8-15-13-17(19(22)23)9-7-16(15)14-18/h7,9,13,18H,4-6,8,10-12,14H2,1-3H3,(H,22,23). The molecule has 1 aliphatic rings. The summed E-state index contributed by atoms with van der Waals surface area (Å²) in [4.78, 5) is 23.3. The Kier molecular flexibility index (Phi) is 6.63. The van der Waals surface area contributed by atoms with Crippen LogP contribution in [-0.4, -0.2) is 23.7 Å². The molecule has 0 aliphatic heterocycles. The maximum atomic E-state index is 12.3. The van der Waals surface area contributed by atoms with E-state index in [1.54, 1.807) is 12.1 Å². The summed E-state index contributed by atoms with van der Waals surface area (Å²) >= 11 is 0. The number of carboxylic acid groups (broad SMARTS) is 1. The van der Waals surface area contributed by atoms with E-state index in [4.69, 9.17) is 9.84 Å². The summed E-state index contributed by atoms with van der Waals surface area (Å²) in [5.74, 6) is -1.11. The summed E-state index contributed by atoms with van der Waals surface area (Å²) in [6.45, 7) is 7.23. The van der Waals surface area contributed by atoms with Gasteiger partial charge in [0.1, 0.15) is 0 Å². The van der Waals surface area contributed by atoms with Crippen molar-refractivity contribution in [3.05, 3.63) is 34.9 Å². The van der Waals surface area contributed by atoms with Gasteiger partial charge in [-0.2, -0.15) is 0 Å². The van der Waals surface area contributed by atoms with Crippen LogP contribution in [0.15, 0.2) is 18.2 Å². The van der Waals surface area contributed by atoms with Gasteiger partial charge in [0.25, 0.3) is 0 Å².